The second-order valence-electron chi connectivity index (χ2n) is 6.36. The van der Waals surface area contributed by atoms with Gasteiger partial charge in [-0.1, -0.05) is 50.2 Å². The summed E-state index contributed by atoms with van der Waals surface area (Å²) in [6.07, 6.45) is 2.43. The second-order valence-corrected chi connectivity index (χ2v) is 6.36. The van der Waals surface area contributed by atoms with Gasteiger partial charge in [-0.15, -0.1) is 12.4 Å². The molecular formula is C19H24ClNO. The van der Waals surface area contributed by atoms with Crippen LogP contribution in [0.2, 0.25) is 0 Å². The van der Waals surface area contributed by atoms with E-state index in [1.165, 1.54) is 18.2 Å². The fourth-order valence-corrected chi connectivity index (χ4v) is 3.42. The summed E-state index contributed by atoms with van der Waals surface area (Å²) in [5, 5.41) is 2.34. The highest BCUT2D eigenvalue weighted by Crippen LogP contribution is 2.23. The highest BCUT2D eigenvalue weighted by Gasteiger charge is 2.31. The van der Waals surface area contributed by atoms with Crippen LogP contribution in [0, 0.1) is 5.92 Å². The summed E-state index contributed by atoms with van der Waals surface area (Å²) < 4.78 is 0. The molecule has 0 amide bonds. The number of carbonyl (C=O) groups excluding carboxylic acids is 1. The minimum atomic E-state index is 0. The topological polar surface area (TPSA) is 20.3 Å². The molecule has 0 radical (unpaired) electrons. The van der Waals surface area contributed by atoms with Gasteiger partial charge in [0, 0.05) is 5.56 Å². The van der Waals surface area contributed by atoms with Crippen LogP contribution in [-0.2, 0) is 0 Å². The van der Waals surface area contributed by atoms with Crippen molar-refractivity contribution >= 4 is 29.0 Å². The molecule has 22 heavy (non-hydrogen) atoms. The minimum absolute atomic E-state index is 0. The number of rotatable bonds is 4. The fourth-order valence-electron chi connectivity index (χ4n) is 3.42. The number of nitrogens with zero attached hydrogens (tertiary/aromatic N) is 1. The van der Waals surface area contributed by atoms with E-state index in [1.807, 2.05) is 24.3 Å². The number of likely N-dealkylation sites (tertiary alicyclic amines) is 1. The molecule has 2 aromatic rings. The molecule has 0 bridgehead atoms. The maximum absolute atomic E-state index is 13.0. The standard InChI is InChI=1S/C19H23NO.ClH/c1-14(2)18(20-11-5-6-12-20)19(21)17-10-9-15-7-3-4-8-16(15)13-17;/h3-4,7-10,13-14,18H,5-6,11-12H2,1-2H3;1H. The largest absolute Gasteiger partial charge is 0.293 e. The van der Waals surface area contributed by atoms with Crippen LogP contribution < -0.4 is 0 Å². The number of hydrogen-bond acceptors (Lipinski definition) is 2. The summed E-state index contributed by atoms with van der Waals surface area (Å²) in [4.78, 5) is 15.3. The first-order valence-electron chi connectivity index (χ1n) is 7.94. The molecule has 1 unspecified atom stereocenters. The number of halogens is 1. The molecule has 2 nitrogen and oxygen atoms in total. The Hall–Kier alpha value is -1.38. The molecule has 118 valence electrons. The van der Waals surface area contributed by atoms with Crippen molar-refractivity contribution in [1.29, 1.82) is 0 Å². The van der Waals surface area contributed by atoms with Crippen molar-refractivity contribution in [3.8, 4) is 0 Å². The molecule has 1 aliphatic rings. The van der Waals surface area contributed by atoms with Gasteiger partial charge in [-0.25, -0.2) is 0 Å². The van der Waals surface area contributed by atoms with Gasteiger partial charge in [0.25, 0.3) is 0 Å². The van der Waals surface area contributed by atoms with Crippen molar-refractivity contribution in [2.45, 2.75) is 32.7 Å². The van der Waals surface area contributed by atoms with Crippen LogP contribution in [0.4, 0.5) is 0 Å². The number of Topliss-reactive ketones (excluding diaryl/α,β-unsaturated/α-hetero) is 1. The molecule has 1 saturated heterocycles. The van der Waals surface area contributed by atoms with E-state index in [2.05, 4.69) is 36.9 Å². The Labute approximate surface area is 138 Å². The van der Waals surface area contributed by atoms with Gasteiger partial charge < -0.3 is 0 Å². The van der Waals surface area contributed by atoms with Crippen LogP contribution in [0.15, 0.2) is 42.5 Å². The highest BCUT2D eigenvalue weighted by molar-refractivity contribution is 6.03. The monoisotopic (exact) mass is 317 g/mol. The Kier molecular flexibility index (Phi) is 5.60. The number of carbonyl (C=O) groups is 1. The first kappa shape index (κ1) is 17.0. The van der Waals surface area contributed by atoms with E-state index in [0.717, 1.165) is 24.0 Å². The first-order chi connectivity index (χ1) is 10.2. The van der Waals surface area contributed by atoms with Gasteiger partial charge >= 0.3 is 0 Å². The molecule has 2 aromatic carbocycles. The van der Waals surface area contributed by atoms with Crippen LogP contribution in [0.5, 0.6) is 0 Å². The third-order valence-corrected chi connectivity index (χ3v) is 4.47. The summed E-state index contributed by atoms with van der Waals surface area (Å²) in [5.74, 6) is 0.625. The van der Waals surface area contributed by atoms with Gasteiger partial charge in [0.2, 0.25) is 0 Å². The van der Waals surface area contributed by atoms with Crippen LogP contribution in [0.1, 0.15) is 37.0 Å². The fraction of sp³-hybridized carbons (Fsp3) is 0.421. The summed E-state index contributed by atoms with van der Waals surface area (Å²) in [5.41, 5.74) is 0.847. The van der Waals surface area contributed by atoms with Gasteiger partial charge in [-0.05, 0) is 48.7 Å². The lowest BCUT2D eigenvalue weighted by Gasteiger charge is -2.29. The van der Waals surface area contributed by atoms with Crippen molar-refractivity contribution in [2.75, 3.05) is 13.1 Å². The zero-order valence-electron chi connectivity index (χ0n) is 13.3. The summed E-state index contributed by atoms with van der Waals surface area (Å²) in [6, 6.07) is 14.3. The first-order valence-corrected chi connectivity index (χ1v) is 7.94. The summed E-state index contributed by atoms with van der Waals surface area (Å²) in [7, 11) is 0. The van der Waals surface area contributed by atoms with E-state index in [4.69, 9.17) is 0 Å². The number of fused-ring (bicyclic) bond motifs is 1. The van der Waals surface area contributed by atoms with E-state index < -0.39 is 0 Å². The number of hydrogen-bond donors (Lipinski definition) is 0. The Morgan fingerprint density at radius 1 is 1.00 bits per heavy atom. The quantitative estimate of drug-likeness (QED) is 0.770. The molecular weight excluding hydrogens is 294 g/mol. The molecule has 3 heteroatoms. The maximum Gasteiger partial charge on any atom is 0.180 e. The van der Waals surface area contributed by atoms with Crippen molar-refractivity contribution in [3.63, 3.8) is 0 Å². The Bertz CT molecular complexity index is 647. The van der Waals surface area contributed by atoms with Crippen molar-refractivity contribution in [1.82, 2.24) is 4.90 Å². The Balaban J connectivity index is 0.00000176. The van der Waals surface area contributed by atoms with Gasteiger partial charge in [-0.2, -0.15) is 0 Å². The molecule has 0 saturated carbocycles. The lowest BCUT2D eigenvalue weighted by Crippen LogP contribution is -2.43. The smallest absolute Gasteiger partial charge is 0.180 e. The van der Waals surface area contributed by atoms with E-state index >= 15 is 0 Å². The van der Waals surface area contributed by atoms with Crippen molar-refractivity contribution in [2.24, 2.45) is 5.92 Å². The van der Waals surface area contributed by atoms with Gasteiger partial charge in [0.15, 0.2) is 5.78 Å². The average molecular weight is 318 g/mol. The average Bonchev–Trinajstić information content (AvgIpc) is 3.00. The van der Waals surface area contributed by atoms with Gasteiger partial charge in [0.05, 0.1) is 6.04 Å². The molecule has 3 rings (SSSR count). The predicted molar refractivity (Wildman–Crippen MR) is 95.0 cm³/mol. The molecule has 1 heterocycles. The predicted octanol–water partition coefficient (Wildman–Crippen LogP) is 4.56. The maximum atomic E-state index is 13.0. The van der Waals surface area contributed by atoms with E-state index in [1.54, 1.807) is 0 Å². The molecule has 1 aliphatic heterocycles. The number of benzene rings is 2. The van der Waals surface area contributed by atoms with E-state index in [-0.39, 0.29) is 24.2 Å². The third kappa shape index (κ3) is 3.34. The van der Waals surface area contributed by atoms with E-state index in [9.17, 15) is 4.79 Å². The molecule has 0 aromatic heterocycles. The molecule has 0 spiro atoms. The van der Waals surface area contributed by atoms with Crippen LogP contribution in [-0.4, -0.2) is 29.8 Å². The van der Waals surface area contributed by atoms with Gasteiger partial charge in [-0.3, -0.25) is 9.69 Å². The molecule has 1 atom stereocenters. The summed E-state index contributed by atoms with van der Waals surface area (Å²) in [6.45, 7) is 6.42. The SMILES string of the molecule is CC(C)C(C(=O)c1ccc2ccccc2c1)N1CCCC1.Cl. The third-order valence-electron chi connectivity index (χ3n) is 4.47. The minimum Gasteiger partial charge on any atom is -0.293 e. The van der Waals surface area contributed by atoms with Crippen molar-refractivity contribution < 1.29 is 4.79 Å². The Morgan fingerprint density at radius 3 is 2.27 bits per heavy atom. The highest BCUT2D eigenvalue weighted by atomic mass is 35.5. The number of ketones is 1. The van der Waals surface area contributed by atoms with Gasteiger partial charge in [0.1, 0.15) is 0 Å². The molecule has 1 fully saturated rings. The van der Waals surface area contributed by atoms with Crippen LogP contribution >= 0.6 is 12.4 Å². The Morgan fingerprint density at radius 2 is 1.64 bits per heavy atom. The van der Waals surface area contributed by atoms with Crippen molar-refractivity contribution in [3.05, 3.63) is 48.0 Å². The molecule has 0 N–H and O–H groups in total. The molecule has 0 aliphatic carbocycles. The zero-order valence-corrected chi connectivity index (χ0v) is 14.1. The van der Waals surface area contributed by atoms with E-state index in [0.29, 0.717) is 5.92 Å². The summed E-state index contributed by atoms with van der Waals surface area (Å²) >= 11 is 0. The zero-order chi connectivity index (χ0) is 14.8. The second kappa shape index (κ2) is 7.26. The normalized spacial score (nSPS) is 16.7. The lowest BCUT2D eigenvalue weighted by molar-refractivity contribution is 0.0790. The van der Waals surface area contributed by atoms with Crippen LogP contribution in [0.25, 0.3) is 10.8 Å². The van der Waals surface area contributed by atoms with Crippen LogP contribution in [0.3, 0.4) is 0 Å². The lowest BCUT2D eigenvalue weighted by atomic mass is 9.92.